The Balaban J connectivity index is 1.10. The molecule has 11 aromatic rings. The molecule has 0 aliphatic carbocycles. The van der Waals surface area contributed by atoms with E-state index in [9.17, 15) is 5.26 Å². The van der Waals surface area contributed by atoms with Crippen molar-refractivity contribution in [1.82, 2.24) is 13.7 Å². The number of nitriles is 1. The zero-order chi connectivity index (χ0) is 36.6. The van der Waals surface area contributed by atoms with Gasteiger partial charge in [0.05, 0.1) is 51.1 Å². The van der Waals surface area contributed by atoms with Gasteiger partial charge in [0.15, 0.2) is 5.69 Å². The fraction of sp³-hybridized carbons (Fsp3) is 0. The van der Waals surface area contributed by atoms with Crippen molar-refractivity contribution in [2.45, 2.75) is 0 Å². The first kappa shape index (κ1) is 30.7. The minimum absolute atomic E-state index is 0.603. The largest absolute Gasteiger partial charge is 0.311 e. The summed E-state index contributed by atoms with van der Waals surface area (Å²) in [5.74, 6) is 0. The molecule has 254 valence electrons. The van der Waals surface area contributed by atoms with Crippen LogP contribution in [0.15, 0.2) is 176 Å². The standard InChI is InChI=1S/C50H29N5/c1-52-40-16-10-21-45-49(40)38-14-4-8-19-43(38)53(45)35-28-26-32(27-29-35)33-24-25-34(31-51)48(30-33)55-44-20-9-5-15-39(44)50-46(22-11-23-47(50)55)54-41-17-6-2-12-36(41)37-13-3-7-18-42(37)54/h2-30H. The van der Waals surface area contributed by atoms with Crippen LogP contribution in [0.1, 0.15) is 5.56 Å². The summed E-state index contributed by atoms with van der Waals surface area (Å²) >= 11 is 0. The van der Waals surface area contributed by atoms with Crippen LogP contribution in [-0.2, 0) is 0 Å². The average Bonchev–Trinajstić information content (AvgIpc) is 3.89. The van der Waals surface area contributed by atoms with Crippen LogP contribution in [0.25, 0.3) is 98.5 Å². The Morgan fingerprint density at radius 3 is 1.55 bits per heavy atom. The van der Waals surface area contributed by atoms with Gasteiger partial charge < -0.3 is 13.7 Å². The van der Waals surface area contributed by atoms with Crippen LogP contribution in [0.4, 0.5) is 5.69 Å². The second-order valence-electron chi connectivity index (χ2n) is 13.9. The lowest BCUT2D eigenvalue weighted by Crippen LogP contribution is -1.99. The van der Waals surface area contributed by atoms with Crippen LogP contribution in [0, 0.1) is 17.9 Å². The van der Waals surface area contributed by atoms with Crippen LogP contribution in [0.3, 0.4) is 0 Å². The Morgan fingerprint density at radius 1 is 0.418 bits per heavy atom. The minimum atomic E-state index is 0.603. The van der Waals surface area contributed by atoms with Gasteiger partial charge in [0.25, 0.3) is 0 Å². The molecule has 0 saturated carbocycles. The molecule has 0 radical (unpaired) electrons. The lowest BCUT2D eigenvalue weighted by Gasteiger charge is -2.14. The van der Waals surface area contributed by atoms with Gasteiger partial charge >= 0.3 is 0 Å². The molecule has 0 saturated heterocycles. The topological polar surface area (TPSA) is 42.9 Å². The molecule has 0 amide bonds. The van der Waals surface area contributed by atoms with Gasteiger partial charge in [-0.2, -0.15) is 5.26 Å². The number of benzene rings is 8. The number of nitrogens with zero attached hydrogens (tertiary/aromatic N) is 5. The quantitative estimate of drug-likeness (QED) is 0.169. The summed E-state index contributed by atoms with van der Waals surface area (Å²) in [6, 6.07) is 63.6. The van der Waals surface area contributed by atoms with Crippen molar-refractivity contribution in [3.05, 3.63) is 193 Å². The Morgan fingerprint density at radius 2 is 0.909 bits per heavy atom. The smallest absolute Gasteiger partial charge is 0.197 e. The lowest BCUT2D eigenvalue weighted by molar-refractivity contribution is 1.16. The molecule has 8 aromatic carbocycles. The van der Waals surface area contributed by atoms with E-state index in [0.717, 1.165) is 82.8 Å². The third kappa shape index (κ3) is 4.39. The third-order valence-electron chi connectivity index (χ3n) is 11.1. The lowest BCUT2D eigenvalue weighted by atomic mass is 10.0. The fourth-order valence-electron chi connectivity index (χ4n) is 8.79. The SMILES string of the molecule is [C-]#[N+]c1cccc2c1c1ccccc1n2-c1ccc(-c2ccc(C#N)c(-n3c4ccccc4c4c(-n5c6ccccc6c6ccccc65)cccc43)c2)cc1. The number of hydrogen-bond donors (Lipinski definition) is 0. The molecule has 0 bridgehead atoms. The molecule has 0 atom stereocenters. The predicted octanol–water partition coefficient (Wildman–Crippen LogP) is 13.1. The van der Waals surface area contributed by atoms with Crippen LogP contribution in [0.2, 0.25) is 0 Å². The molecule has 11 rings (SSSR count). The predicted molar refractivity (Wildman–Crippen MR) is 226 cm³/mol. The highest BCUT2D eigenvalue weighted by Gasteiger charge is 2.21. The van der Waals surface area contributed by atoms with Crippen molar-refractivity contribution in [3.8, 4) is 34.3 Å². The van der Waals surface area contributed by atoms with E-state index in [0.29, 0.717) is 11.3 Å². The van der Waals surface area contributed by atoms with Crippen molar-refractivity contribution in [3.63, 3.8) is 0 Å². The van der Waals surface area contributed by atoms with Gasteiger partial charge in [0.1, 0.15) is 6.07 Å². The van der Waals surface area contributed by atoms with E-state index in [1.807, 2.05) is 36.4 Å². The molecule has 0 unspecified atom stereocenters. The van der Waals surface area contributed by atoms with Crippen LogP contribution in [0.5, 0.6) is 0 Å². The summed E-state index contributed by atoms with van der Waals surface area (Å²) in [6.45, 7) is 7.82. The van der Waals surface area contributed by atoms with E-state index in [1.165, 1.54) is 10.8 Å². The van der Waals surface area contributed by atoms with Gasteiger partial charge in [-0.05, 0) is 83.2 Å². The van der Waals surface area contributed by atoms with Crippen molar-refractivity contribution >= 4 is 71.1 Å². The maximum Gasteiger partial charge on any atom is 0.197 e. The van der Waals surface area contributed by atoms with E-state index in [4.69, 9.17) is 6.57 Å². The number of aromatic nitrogens is 3. The van der Waals surface area contributed by atoms with Gasteiger partial charge in [-0.1, -0.05) is 109 Å². The van der Waals surface area contributed by atoms with E-state index in [-0.39, 0.29) is 0 Å². The summed E-state index contributed by atoms with van der Waals surface area (Å²) in [5, 5.41) is 17.3. The molecule has 0 aliphatic heterocycles. The Bertz CT molecular complexity index is 3400. The van der Waals surface area contributed by atoms with Gasteiger partial charge in [0, 0.05) is 38.1 Å². The van der Waals surface area contributed by atoms with Crippen LogP contribution in [-0.4, -0.2) is 13.7 Å². The molecular formula is C50H29N5. The summed E-state index contributed by atoms with van der Waals surface area (Å²) in [5.41, 5.74) is 12.7. The van der Waals surface area contributed by atoms with Crippen molar-refractivity contribution in [2.75, 3.05) is 0 Å². The van der Waals surface area contributed by atoms with Crippen molar-refractivity contribution in [1.29, 1.82) is 5.26 Å². The van der Waals surface area contributed by atoms with Gasteiger partial charge in [-0.25, -0.2) is 4.85 Å². The van der Waals surface area contributed by atoms with E-state index < -0.39 is 0 Å². The molecule has 0 N–H and O–H groups in total. The first-order valence-electron chi connectivity index (χ1n) is 18.3. The number of rotatable bonds is 4. The highest BCUT2D eigenvalue weighted by molar-refractivity contribution is 6.17. The van der Waals surface area contributed by atoms with E-state index in [2.05, 4.69) is 164 Å². The summed E-state index contributed by atoms with van der Waals surface area (Å²) < 4.78 is 6.87. The molecule has 3 heterocycles. The highest BCUT2D eigenvalue weighted by atomic mass is 15.0. The van der Waals surface area contributed by atoms with Crippen molar-refractivity contribution in [2.24, 2.45) is 0 Å². The summed E-state index contributed by atoms with van der Waals surface area (Å²) in [6.07, 6.45) is 0. The number of hydrogen-bond acceptors (Lipinski definition) is 1. The third-order valence-corrected chi connectivity index (χ3v) is 11.1. The van der Waals surface area contributed by atoms with E-state index in [1.54, 1.807) is 0 Å². The van der Waals surface area contributed by atoms with Crippen LogP contribution < -0.4 is 0 Å². The Kier molecular flexibility index (Phi) is 6.61. The molecule has 5 heteroatoms. The minimum Gasteiger partial charge on any atom is -0.311 e. The first-order chi connectivity index (χ1) is 27.2. The molecule has 3 aromatic heterocycles. The fourth-order valence-corrected chi connectivity index (χ4v) is 8.79. The van der Waals surface area contributed by atoms with Gasteiger partial charge in [-0.3, -0.25) is 0 Å². The number of fused-ring (bicyclic) bond motifs is 9. The second-order valence-corrected chi connectivity index (χ2v) is 13.9. The van der Waals surface area contributed by atoms with Crippen LogP contribution >= 0.6 is 0 Å². The monoisotopic (exact) mass is 699 g/mol. The first-order valence-corrected chi connectivity index (χ1v) is 18.3. The zero-order valence-corrected chi connectivity index (χ0v) is 29.5. The van der Waals surface area contributed by atoms with Crippen molar-refractivity contribution < 1.29 is 0 Å². The maximum atomic E-state index is 10.5. The molecule has 5 nitrogen and oxygen atoms in total. The Hall–Kier alpha value is -7.86. The number of para-hydroxylation sites is 4. The van der Waals surface area contributed by atoms with E-state index >= 15 is 0 Å². The molecule has 0 spiro atoms. The highest BCUT2D eigenvalue weighted by Crippen LogP contribution is 2.42. The molecule has 55 heavy (non-hydrogen) atoms. The second kappa shape index (κ2) is 11.8. The Labute approximate surface area is 316 Å². The summed E-state index contributed by atoms with van der Waals surface area (Å²) in [4.78, 5) is 3.84. The average molecular weight is 700 g/mol. The van der Waals surface area contributed by atoms with Gasteiger partial charge in [-0.15, -0.1) is 0 Å². The molecular weight excluding hydrogens is 671 g/mol. The normalized spacial score (nSPS) is 11.6. The molecule has 0 aliphatic rings. The molecule has 0 fully saturated rings. The maximum absolute atomic E-state index is 10.5. The van der Waals surface area contributed by atoms with Gasteiger partial charge in [0.2, 0.25) is 0 Å². The zero-order valence-electron chi connectivity index (χ0n) is 29.5. The summed E-state index contributed by atoms with van der Waals surface area (Å²) in [7, 11) is 0.